The second kappa shape index (κ2) is 7.00. The minimum absolute atomic E-state index is 0.0432. The van der Waals surface area contributed by atoms with E-state index in [2.05, 4.69) is 33.1 Å². The Morgan fingerprint density at radius 3 is 2.97 bits per heavy atom. The molecule has 0 aliphatic carbocycles. The minimum Gasteiger partial charge on any atom is -0.488 e. The molecule has 4 heterocycles. The number of H-pyrrole nitrogens is 1. The number of fused-ring (bicyclic) bond motifs is 6. The number of nitrogens with one attached hydrogen (secondary N) is 1. The molecular formula is C23H20ClN5O3. The van der Waals surface area contributed by atoms with Crippen LogP contribution in [0.25, 0.3) is 32.9 Å². The number of hydrogen-bond donors (Lipinski definition) is 2. The number of ether oxygens (including phenoxy) is 1. The van der Waals surface area contributed by atoms with Gasteiger partial charge in [0.1, 0.15) is 6.61 Å². The molecule has 1 amide bonds. The van der Waals surface area contributed by atoms with Crippen LogP contribution in [0.1, 0.15) is 5.56 Å². The summed E-state index contributed by atoms with van der Waals surface area (Å²) < 4.78 is 5.97. The predicted octanol–water partition coefficient (Wildman–Crippen LogP) is 4.30. The monoisotopic (exact) mass is 449 g/mol. The van der Waals surface area contributed by atoms with Gasteiger partial charge in [0, 0.05) is 41.0 Å². The normalized spacial score (nSPS) is 17.9. The van der Waals surface area contributed by atoms with Crippen LogP contribution in [0.3, 0.4) is 0 Å². The highest BCUT2D eigenvalue weighted by molar-refractivity contribution is 6.35. The van der Waals surface area contributed by atoms with Crippen molar-refractivity contribution < 1.29 is 14.6 Å². The maximum atomic E-state index is 11.4. The first-order chi connectivity index (χ1) is 15.5. The van der Waals surface area contributed by atoms with E-state index >= 15 is 0 Å². The second-order valence-electron chi connectivity index (χ2n) is 8.30. The van der Waals surface area contributed by atoms with Crippen LogP contribution in [0.2, 0.25) is 5.02 Å². The Balaban J connectivity index is 1.51. The molecule has 162 valence electrons. The fourth-order valence-corrected chi connectivity index (χ4v) is 5.17. The molecule has 8 nitrogen and oxygen atoms in total. The number of benzene rings is 2. The quantitative estimate of drug-likeness (QED) is 0.450. The summed E-state index contributed by atoms with van der Waals surface area (Å²) in [7, 11) is 0. The lowest BCUT2D eigenvalue weighted by atomic mass is 9.95. The first-order valence-electron chi connectivity index (χ1n) is 10.4. The molecule has 2 aliphatic rings. The SMILES string of the molecule is Cc1ccc2[nH]ncc2c1-c1cc2ncc3c(c2cc1Cl)N1CCN(C(=O)O)C[C@@H]1CO3. The minimum atomic E-state index is -0.897. The lowest BCUT2D eigenvalue weighted by molar-refractivity contribution is 0.123. The fraction of sp³-hybridized carbons (Fsp3) is 0.261. The molecule has 0 bridgehead atoms. The van der Waals surface area contributed by atoms with Crippen molar-refractivity contribution in [3.63, 3.8) is 0 Å². The molecule has 0 saturated carbocycles. The van der Waals surface area contributed by atoms with Gasteiger partial charge in [-0.2, -0.15) is 5.10 Å². The number of aromatic amines is 1. The van der Waals surface area contributed by atoms with Crippen molar-refractivity contribution in [1.82, 2.24) is 20.1 Å². The number of aryl methyl sites for hydroxylation is 1. The average molecular weight is 450 g/mol. The third kappa shape index (κ3) is 2.79. The van der Waals surface area contributed by atoms with Crippen molar-refractivity contribution in [3.8, 4) is 16.9 Å². The molecule has 2 aromatic carbocycles. The third-order valence-corrected chi connectivity index (χ3v) is 6.78. The number of anilines is 1. The fourth-order valence-electron chi connectivity index (χ4n) is 4.91. The summed E-state index contributed by atoms with van der Waals surface area (Å²) in [5, 5.41) is 19.1. The molecule has 0 unspecified atom stereocenters. The molecule has 9 heteroatoms. The molecule has 0 spiro atoms. The van der Waals surface area contributed by atoms with Gasteiger partial charge in [-0.25, -0.2) is 4.79 Å². The molecule has 1 fully saturated rings. The molecule has 2 aliphatic heterocycles. The Hall–Kier alpha value is -3.52. The Bertz CT molecular complexity index is 1400. The molecule has 6 rings (SSSR count). The van der Waals surface area contributed by atoms with Gasteiger partial charge in [0.2, 0.25) is 0 Å². The third-order valence-electron chi connectivity index (χ3n) is 6.47. The van der Waals surface area contributed by atoms with Crippen molar-refractivity contribution in [2.45, 2.75) is 13.0 Å². The number of rotatable bonds is 1. The van der Waals surface area contributed by atoms with Gasteiger partial charge < -0.3 is 19.6 Å². The van der Waals surface area contributed by atoms with Gasteiger partial charge in [-0.15, -0.1) is 0 Å². The zero-order valence-corrected chi connectivity index (χ0v) is 18.1. The van der Waals surface area contributed by atoms with Crippen molar-refractivity contribution in [1.29, 1.82) is 0 Å². The van der Waals surface area contributed by atoms with Crippen LogP contribution >= 0.6 is 11.6 Å². The Morgan fingerprint density at radius 1 is 1.25 bits per heavy atom. The van der Waals surface area contributed by atoms with Gasteiger partial charge in [0.25, 0.3) is 0 Å². The van der Waals surface area contributed by atoms with Crippen molar-refractivity contribution >= 4 is 45.2 Å². The van der Waals surface area contributed by atoms with E-state index in [-0.39, 0.29) is 6.04 Å². The molecule has 1 saturated heterocycles. The number of amides is 1. The summed E-state index contributed by atoms with van der Waals surface area (Å²) in [5.74, 6) is 0.703. The number of carbonyl (C=O) groups is 1. The standard InChI is InChI=1S/C23H20ClN5O3/c1-12-2-3-18-16(8-26-27-18)21(12)14-7-19-15(6-17(14)24)22-20(9-25-19)32-11-13-10-28(23(30)31)4-5-29(13)22/h2-3,6-9,13H,4-5,10-11H2,1H3,(H,26,27)(H,30,31)/t13-/m1/s1. The van der Waals surface area contributed by atoms with Gasteiger partial charge in [-0.3, -0.25) is 10.1 Å². The maximum Gasteiger partial charge on any atom is 0.407 e. The van der Waals surface area contributed by atoms with Crippen LogP contribution in [-0.2, 0) is 0 Å². The van der Waals surface area contributed by atoms with E-state index in [0.717, 1.165) is 44.2 Å². The highest BCUT2D eigenvalue weighted by Crippen LogP contribution is 2.44. The molecule has 2 aromatic heterocycles. The van der Waals surface area contributed by atoms with E-state index in [0.29, 0.717) is 37.0 Å². The zero-order chi connectivity index (χ0) is 22.0. The number of halogens is 1. The van der Waals surface area contributed by atoms with Crippen LogP contribution < -0.4 is 9.64 Å². The van der Waals surface area contributed by atoms with Gasteiger partial charge in [0.05, 0.1) is 35.2 Å². The first-order valence-corrected chi connectivity index (χ1v) is 10.8. The molecule has 32 heavy (non-hydrogen) atoms. The number of hydrogen-bond acceptors (Lipinski definition) is 5. The average Bonchev–Trinajstić information content (AvgIpc) is 3.27. The number of piperazine rings is 1. The number of carboxylic acid groups (broad SMARTS) is 1. The number of nitrogens with zero attached hydrogens (tertiary/aromatic N) is 4. The van der Waals surface area contributed by atoms with E-state index in [1.165, 1.54) is 4.90 Å². The van der Waals surface area contributed by atoms with Gasteiger partial charge in [-0.1, -0.05) is 17.7 Å². The summed E-state index contributed by atoms with van der Waals surface area (Å²) in [6, 6.07) is 7.99. The molecule has 0 radical (unpaired) electrons. The van der Waals surface area contributed by atoms with Gasteiger partial charge in [0.15, 0.2) is 5.75 Å². The van der Waals surface area contributed by atoms with E-state index in [9.17, 15) is 9.90 Å². The predicted molar refractivity (Wildman–Crippen MR) is 123 cm³/mol. The Labute approximate surface area is 188 Å². The summed E-state index contributed by atoms with van der Waals surface area (Å²) in [5.41, 5.74) is 5.74. The second-order valence-corrected chi connectivity index (χ2v) is 8.70. The first kappa shape index (κ1) is 19.2. The zero-order valence-electron chi connectivity index (χ0n) is 17.3. The van der Waals surface area contributed by atoms with Crippen molar-refractivity contribution in [3.05, 3.63) is 47.2 Å². The maximum absolute atomic E-state index is 11.4. The summed E-state index contributed by atoms with van der Waals surface area (Å²) in [6.07, 6.45) is 2.67. The van der Waals surface area contributed by atoms with Crippen molar-refractivity contribution in [2.24, 2.45) is 0 Å². The number of pyridine rings is 1. The van der Waals surface area contributed by atoms with E-state index in [1.54, 1.807) is 6.20 Å². The Morgan fingerprint density at radius 2 is 2.12 bits per heavy atom. The van der Waals surface area contributed by atoms with Crippen LogP contribution in [0.5, 0.6) is 5.75 Å². The van der Waals surface area contributed by atoms with Crippen molar-refractivity contribution in [2.75, 3.05) is 31.1 Å². The smallest absolute Gasteiger partial charge is 0.407 e. The lowest BCUT2D eigenvalue weighted by Gasteiger charge is -2.45. The lowest BCUT2D eigenvalue weighted by Crippen LogP contribution is -2.58. The highest BCUT2D eigenvalue weighted by Gasteiger charge is 2.36. The van der Waals surface area contributed by atoms with Crippen LogP contribution in [-0.4, -0.2) is 63.6 Å². The summed E-state index contributed by atoms with van der Waals surface area (Å²) in [4.78, 5) is 19.8. The highest BCUT2D eigenvalue weighted by atomic mass is 35.5. The molecule has 4 aromatic rings. The van der Waals surface area contributed by atoms with Gasteiger partial charge in [-0.05, 0) is 36.2 Å². The summed E-state index contributed by atoms with van der Waals surface area (Å²) in [6.45, 7) is 3.94. The number of aromatic nitrogens is 3. The largest absolute Gasteiger partial charge is 0.488 e. The molecular weight excluding hydrogens is 430 g/mol. The van der Waals surface area contributed by atoms with E-state index < -0.39 is 6.09 Å². The van der Waals surface area contributed by atoms with E-state index in [1.807, 2.05) is 24.4 Å². The van der Waals surface area contributed by atoms with Gasteiger partial charge >= 0.3 is 6.09 Å². The molecule has 2 N–H and O–H groups in total. The van der Waals surface area contributed by atoms with Crippen LogP contribution in [0.4, 0.5) is 10.5 Å². The molecule has 1 atom stereocenters. The van der Waals surface area contributed by atoms with Crippen LogP contribution in [0, 0.1) is 6.92 Å². The Kier molecular flexibility index (Phi) is 4.19. The van der Waals surface area contributed by atoms with Crippen LogP contribution in [0.15, 0.2) is 36.7 Å². The topological polar surface area (TPSA) is 94.6 Å². The summed E-state index contributed by atoms with van der Waals surface area (Å²) >= 11 is 6.86. The van der Waals surface area contributed by atoms with E-state index in [4.69, 9.17) is 16.3 Å².